The largest absolute Gasteiger partial charge is 0.493 e. The van der Waals surface area contributed by atoms with Gasteiger partial charge in [0.1, 0.15) is 11.8 Å². The van der Waals surface area contributed by atoms with E-state index in [-0.39, 0.29) is 0 Å². The Balaban J connectivity index is 1.77. The maximum absolute atomic E-state index is 10.9. The van der Waals surface area contributed by atoms with Gasteiger partial charge in [0, 0.05) is 6.54 Å². The second-order valence-electron chi connectivity index (χ2n) is 6.76. The summed E-state index contributed by atoms with van der Waals surface area (Å²) in [5, 5.41) is 15.3. The molecule has 21 heavy (non-hydrogen) atoms. The summed E-state index contributed by atoms with van der Waals surface area (Å²) < 4.78 is 7.35. The van der Waals surface area contributed by atoms with Crippen molar-refractivity contribution in [2.24, 2.45) is 17.8 Å². The second kappa shape index (κ2) is 5.97. The summed E-state index contributed by atoms with van der Waals surface area (Å²) in [5.74, 6) is 2.58. The molecule has 0 spiro atoms. The molecule has 5 heteroatoms. The molecule has 3 rings (SSSR count). The smallest absolute Gasteiger partial charge is 0.162 e. The zero-order chi connectivity index (χ0) is 15.0. The molecule has 1 aromatic rings. The number of methoxy groups -OCH3 is 1. The van der Waals surface area contributed by atoms with Gasteiger partial charge in [0.15, 0.2) is 5.75 Å². The van der Waals surface area contributed by atoms with Gasteiger partial charge in [-0.05, 0) is 44.7 Å². The molecule has 0 aliphatic heterocycles. The minimum atomic E-state index is -0.433. The SMILES string of the molecule is COc1cnn(CCN(C)C)c1C(O)C1C2CCCCC21. The fourth-order valence-corrected chi connectivity index (χ4v) is 4.00. The van der Waals surface area contributed by atoms with Crippen LogP contribution in [-0.4, -0.2) is 47.5 Å². The van der Waals surface area contributed by atoms with E-state index in [2.05, 4.69) is 10.00 Å². The van der Waals surface area contributed by atoms with Gasteiger partial charge in [-0.25, -0.2) is 0 Å². The number of hydrogen-bond acceptors (Lipinski definition) is 4. The normalized spacial score (nSPS) is 29.3. The fraction of sp³-hybridized carbons (Fsp3) is 0.812. The molecular weight excluding hydrogens is 266 g/mol. The van der Waals surface area contributed by atoms with E-state index in [0.717, 1.165) is 36.4 Å². The number of fused-ring (bicyclic) bond motifs is 1. The first kappa shape index (κ1) is 14.9. The fourth-order valence-electron chi connectivity index (χ4n) is 4.00. The van der Waals surface area contributed by atoms with Crippen molar-refractivity contribution in [1.29, 1.82) is 0 Å². The number of nitrogens with zero attached hydrogens (tertiary/aromatic N) is 3. The molecule has 0 bridgehead atoms. The highest BCUT2D eigenvalue weighted by Gasteiger charge is 2.55. The van der Waals surface area contributed by atoms with Gasteiger partial charge in [-0.3, -0.25) is 4.68 Å². The van der Waals surface area contributed by atoms with Gasteiger partial charge in [-0.1, -0.05) is 12.8 Å². The number of rotatable bonds is 6. The third kappa shape index (κ3) is 2.81. The highest BCUT2D eigenvalue weighted by atomic mass is 16.5. The number of aromatic nitrogens is 2. The first-order chi connectivity index (χ1) is 10.1. The van der Waals surface area contributed by atoms with E-state index < -0.39 is 6.10 Å². The molecule has 5 nitrogen and oxygen atoms in total. The summed E-state index contributed by atoms with van der Waals surface area (Å²) in [7, 11) is 5.75. The lowest BCUT2D eigenvalue weighted by Gasteiger charge is -2.17. The molecule has 2 aliphatic carbocycles. The Labute approximate surface area is 126 Å². The van der Waals surface area contributed by atoms with Crippen LogP contribution in [0.4, 0.5) is 0 Å². The van der Waals surface area contributed by atoms with Crippen LogP contribution in [-0.2, 0) is 6.54 Å². The van der Waals surface area contributed by atoms with Crippen LogP contribution in [0.15, 0.2) is 6.20 Å². The van der Waals surface area contributed by atoms with Crippen LogP contribution in [0.2, 0.25) is 0 Å². The molecule has 3 unspecified atom stereocenters. The molecule has 0 aromatic carbocycles. The predicted molar refractivity (Wildman–Crippen MR) is 81.2 cm³/mol. The molecule has 118 valence electrons. The molecule has 0 amide bonds. The van der Waals surface area contributed by atoms with E-state index in [1.54, 1.807) is 13.3 Å². The van der Waals surface area contributed by atoms with Crippen LogP contribution in [0.25, 0.3) is 0 Å². The molecule has 3 atom stereocenters. The Morgan fingerprint density at radius 2 is 2.05 bits per heavy atom. The van der Waals surface area contributed by atoms with E-state index in [4.69, 9.17) is 4.74 Å². The van der Waals surface area contributed by atoms with Crippen LogP contribution < -0.4 is 4.74 Å². The van der Waals surface area contributed by atoms with Crippen molar-refractivity contribution in [1.82, 2.24) is 14.7 Å². The van der Waals surface area contributed by atoms with E-state index in [9.17, 15) is 5.11 Å². The Morgan fingerprint density at radius 1 is 1.38 bits per heavy atom. The third-order valence-electron chi connectivity index (χ3n) is 5.19. The van der Waals surface area contributed by atoms with Gasteiger partial charge in [0.2, 0.25) is 0 Å². The van der Waals surface area contributed by atoms with Crippen LogP contribution in [0.3, 0.4) is 0 Å². The average molecular weight is 293 g/mol. The topological polar surface area (TPSA) is 50.5 Å². The van der Waals surface area contributed by atoms with Gasteiger partial charge < -0.3 is 14.7 Å². The number of hydrogen-bond donors (Lipinski definition) is 1. The molecule has 0 saturated heterocycles. The molecule has 2 saturated carbocycles. The number of likely N-dealkylation sites (N-methyl/N-ethyl adjacent to an activating group) is 1. The van der Waals surface area contributed by atoms with Gasteiger partial charge in [0.25, 0.3) is 0 Å². The van der Waals surface area contributed by atoms with Crippen molar-refractivity contribution < 1.29 is 9.84 Å². The minimum absolute atomic E-state index is 0.413. The lowest BCUT2D eigenvalue weighted by Crippen LogP contribution is -2.21. The van der Waals surface area contributed by atoms with Gasteiger partial charge in [0.05, 0.1) is 19.9 Å². The van der Waals surface area contributed by atoms with E-state index in [1.807, 2.05) is 18.8 Å². The van der Waals surface area contributed by atoms with Crippen molar-refractivity contribution >= 4 is 0 Å². The molecule has 1 N–H and O–H groups in total. The van der Waals surface area contributed by atoms with Gasteiger partial charge in [-0.15, -0.1) is 0 Å². The van der Waals surface area contributed by atoms with Crippen LogP contribution >= 0.6 is 0 Å². The quantitative estimate of drug-likeness (QED) is 0.870. The predicted octanol–water partition coefficient (Wildman–Crippen LogP) is 1.92. The van der Waals surface area contributed by atoms with E-state index in [1.165, 1.54) is 25.7 Å². The molecule has 2 fully saturated rings. The maximum Gasteiger partial charge on any atom is 0.162 e. The Kier molecular flexibility index (Phi) is 4.22. The molecule has 1 aromatic heterocycles. The van der Waals surface area contributed by atoms with Gasteiger partial charge in [-0.2, -0.15) is 5.10 Å². The van der Waals surface area contributed by atoms with Crippen molar-refractivity contribution in [3.63, 3.8) is 0 Å². The van der Waals surface area contributed by atoms with Crippen LogP contribution in [0.1, 0.15) is 37.5 Å². The zero-order valence-corrected chi connectivity index (χ0v) is 13.3. The monoisotopic (exact) mass is 293 g/mol. The van der Waals surface area contributed by atoms with Crippen molar-refractivity contribution in [3.05, 3.63) is 11.9 Å². The first-order valence-corrected chi connectivity index (χ1v) is 8.06. The summed E-state index contributed by atoms with van der Waals surface area (Å²) in [6.45, 7) is 1.69. The Bertz CT molecular complexity index is 474. The molecule has 2 aliphatic rings. The summed E-state index contributed by atoms with van der Waals surface area (Å²) >= 11 is 0. The van der Waals surface area contributed by atoms with Crippen LogP contribution in [0.5, 0.6) is 5.75 Å². The first-order valence-electron chi connectivity index (χ1n) is 8.06. The average Bonchev–Trinajstić information content (AvgIpc) is 3.06. The lowest BCUT2D eigenvalue weighted by molar-refractivity contribution is 0.127. The minimum Gasteiger partial charge on any atom is -0.493 e. The van der Waals surface area contributed by atoms with Crippen molar-refractivity contribution in [3.8, 4) is 5.75 Å². The van der Waals surface area contributed by atoms with Gasteiger partial charge >= 0.3 is 0 Å². The number of aliphatic hydroxyl groups excluding tert-OH is 1. The van der Waals surface area contributed by atoms with Crippen molar-refractivity contribution in [2.75, 3.05) is 27.7 Å². The standard InChI is InChI=1S/C16H27N3O2/c1-18(2)8-9-19-15(13(21-3)10-17-19)16(20)14-11-6-4-5-7-12(11)14/h10-12,14,16,20H,4-9H2,1-3H3. The Morgan fingerprint density at radius 3 is 2.62 bits per heavy atom. The maximum atomic E-state index is 10.9. The summed E-state index contributed by atoms with van der Waals surface area (Å²) in [5.41, 5.74) is 0.874. The highest BCUT2D eigenvalue weighted by Crippen LogP contribution is 2.60. The van der Waals surface area contributed by atoms with E-state index in [0.29, 0.717) is 5.92 Å². The summed E-state index contributed by atoms with van der Waals surface area (Å²) in [6, 6.07) is 0. The summed E-state index contributed by atoms with van der Waals surface area (Å²) in [6.07, 6.45) is 6.50. The molecule has 1 heterocycles. The number of aliphatic hydroxyl groups is 1. The third-order valence-corrected chi connectivity index (χ3v) is 5.19. The number of ether oxygens (including phenoxy) is 1. The zero-order valence-electron chi connectivity index (χ0n) is 13.3. The molecule has 0 radical (unpaired) electrons. The second-order valence-corrected chi connectivity index (χ2v) is 6.76. The van der Waals surface area contributed by atoms with E-state index >= 15 is 0 Å². The van der Waals surface area contributed by atoms with Crippen molar-refractivity contribution in [2.45, 2.75) is 38.3 Å². The molecular formula is C16H27N3O2. The Hall–Kier alpha value is -1.07. The lowest BCUT2D eigenvalue weighted by atomic mass is 10.0. The van der Waals surface area contributed by atoms with Crippen LogP contribution in [0, 0.1) is 17.8 Å². The highest BCUT2D eigenvalue weighted by molar-refractivity contribution is 5.29. The summed E-state index contributed by atoms with van der Waals surface area (Å²) in [4.78, 5) is 2.13.